The molecule has 0 aliphatic rings. The lowest BCUT2D eigenvalue weighted by molar-refractivity contribution is -0.141. The normalized spacial score (nSPS) is 12.7. The van der Waals surface area contributed by atoms with Crippen molar-refractivity contribution in [2.45, 2.75) is 19.4 Å². The van der Waals surface area contributed by atoms with Crippen LogP contribution >= 0.6 is 11.3 Å². The molecule has 1 aromatic heterocycles. The Hall–Kier alpha value is -1.68. The summed E-state index contributed by atoms with van der Waals surface area (Å²) in [6.07, 6.45) is 0.884. The van der Waals surface area contributed by atoms with E-state index in [0.29, 0.717) is 5.69 Å². The highest BCUT2D eigenvalue weighted by Gasteiger charge is 2.15. The Morgan fingerprint density at radius 3 is 2.68 bits per heavy atom. The zero-order valence-electron chi connectivity index (χ0n) is 10.2. The van der Waals surface area contributed by atoms with Gasteiger partial charge in [-0.1, -0.05) is 0 Å². The quantitative estimate of drug-likeness (QED) is 0.659. The lowest BCUT2D eigenvalue weighted by atomic mass is 10.3. The molecule has 8 nitrogen and oxygen atoms in total. The van der Waals surface area contributed by atoms with Gasteiger partial charge in [-0.05, 0) is 6.92 Å². The first-order valence-electron chi connectivity index (χ1n) is 5.12. The molecule has 0 aliphatic carbocycles. The lowest BCUT2D eigenvalue weighted by Gasteiger charge is -2.07. The van der Waals surface area contributed by atoms with Crippen molar-refractivity contribution in [2.75, 3.05) is 11.0 Å². The van der Waals surface area contributed by atoms with E-state index in [4.69, 9.17) is 5.11 Å². The van der Waals surface area contributed by atoms with Crippen LogP contribution in [0, 0.1) is 0 Å². The minimum absolute atomic E-state index is 0.112. The van der Waals surface area contributed by atoms with Gasteiger partial charge in [0.2, 0.25) is 15.9 Å². The van der Waals surface area contributed by atoms with Gasteiger partial charge in [-0.2, -0.15) is 0 Å². The van der Waals surface area contributed by atoms with E-state index in [2.05, 4.69) is 15.0 Å². The van der Waals surface area contributed by atoms with Gasteiger partial charge in [-0.3, -0.25) is 14.3 Å². The maximum Gasteiger partial charge on any atom is 0.325 e. The Morgan fingerprint density at radius 2 is 2.16 bits per heavy atom. The molecule has 0 aromatic carbocycles. The fourth-order valence-electron chi connectivity index (χ4n) is 1.11. The lowest BCUT2D eigenvalue weighted by Crippen LogP contribution is -2.39. The monoisotopic (exact) mass is 307 g/mol. The van der Waals surface area contributed by atoms with Gasteiger partial charge in [-0.15, -0.1) is 11.3 Å². The van der Waals surface area contributed by atoms with Gasteiger partial charge in [-0.25, -0.2) is 13.4 Å². The molecule has 0 saturated carbocycles. The number of aliphatic carboxylic acids is 1. The SMILES string of the molecule is C[C@H](NC(=O)Cc1csc(NS(C)(=O)=O)n1)C(=O)O. The summed E-state index contributed by atoms with van der Waals surface area (Å²) in [7, 11) is -3.40. The standard InChI is InChI=1S/C9H13N3O5S2/c1-5(8(14)15)10-7(13)3-6-4-18-9(11-6)12-19(2,16)17/h4-5H,3H2,1-2H3,(H,10,13)(H,11,12)(H,14,15)/t5-/m0/s1. The summed E-state index contributed by atoms with van der Waals surface area (Å²) < 4.78 is 24.1. The van der Waals surface area contributed by atoms with Gasteiger partial charge >= 0.3 is 5.97 Å². The van der Waals surface area contributed by atoms with Gasteiger partial charge in [0.1, 0.15) is 6.04 Å². The third-order valence-electron chi connectivity index (χ3n) is 1.91. The van der Waals surface area contributed by atoms with E-state index >= 15 is 0 Å². The van der Waals surface area contributed by atoms with Crippen LogP contribution in [0.5, 0.6) is 0 Å². The molecule has 0 saturated heterocycles. The number of carboxylic acid groups (broad SMARTS) is 1. The van der Waals surface area contributed by atoms with Crippen LogP contribution in [-0.4, -0.2) is 42.7 Å². The second-order valence-electron chi connectivity index (χ2n) is 3.82. The molecule has 1 amide bonds. The van der Waals surface area contributed by atoms with Crippen LogP contribution in [0.3, 0.4) is 0 Å². The van der Waals surface area contributed by atoms with Crippen molar-refractivity contribution in [3.8, 4) is 0 Å². The number of aromatic nitrogens is 1. The van der Waals surface area contributed by atoms with E-state index in [9.17, 15) is 18.0 Å². The van der Waals surface area contributed by atoms with Crippen LogP contribution in [0.25, 0.3) is 0 Å². The van der Waals surface area contributed by atoms with Gasteiger partial charge < -0.3 is 10.4 Å². The van der Waals surface area contributed by atoms with Crippen molar-refractivity contribution in [3.05, 3.63) is 11.1 Å². The highest BCUT2D eigenvalue weighted by Crippen LogP contribution is 2.16. The number of hydrogen-bond donors (Lipinski definition) is 3. The first kappa shape index (κ1) is 15.4. The summed E-state index contributed by atoms with van der Waals surface area (Å²) in [6, 6.07) is -0.986. The molecule has 0 unspecified atom stereocenters. The van der Waals surface area contributed by atoms with Crippen molar-refractivity contribution in [1.82, 2.24) is 10.3 Å². The molecule has 106 valence electrons. The fraction of sp³-hybridized carbons (Fsp3) is 0.444. The van der Waals surface area contributed by atoms with E-state index in [1.807, 2.05) is 0 Å². The van der Waals surface area contributed by atoms with Crippen molar-refractivity contribution in [1.29, 1.82) is 0 Å². The summed E-state index contributed by atoms with van der Waals surface area (Å²) in [6.45, 7) is 1.35. The summed E-state index contributed by atoms with van der Waals surface area (Å²) in [5.41, 5.74) is 0.367. The Labute approximate surface area is 113 Å². The Kier molecular flexibility index (Phi) is 4.84. The second kappa shape index (κ2) is 5.97. The third kappa shape index (κ3) is 5.66. The number of carbonyl (C=O) groups is 2. The first-order chi connectivity index (χ1) is 8.67. The predicted octanol–water partition coefficient (Wildman–Crippen LogP) is -0.354. The number of carbonyl (C=O) groups excluding carboxylic acids is 1. The average Bonchev–Trinajstić information content (AvgIpc) is 2.61. The number of hydrogen-bond acceptors (Lipinski definition) is 6. The number of nitrogens with zero attached hydrogens (tertiary/aromatic N) is 1. The fourth-order valence-corrected chi connectivity index (χ4v) is 2.68. The van der Waals surface area contributed by atoms with Gasteiger partial charge in [0.25, 0.3) is 0 Å². The summed E-state index contributed by atoms with van der Waals surface area (Å²) in [4.78, 5) is 25.9. The molecule has 0 bridgehead atoms. The molecule has 10 heteroatoms. The van der Waals surface area contributed by atoms with Crippen molar-refractivity contribution < 1.29 is 23.1 Å². The van der Waals surface area contributed by atoms with E-state index in [1.54, 1.807) is 0 Å². The Balaban J connectivity index is 2.59. The number of thiazole rings is 1. The number of anilines is 1. The minimum Gasteiger partial charge on any atom is -0.480 e. The minimum atomic E-state index is -3.40. The molecule has 1 atom stereocenters. The maximum atomic E-state index is 11.5. The van der Waals surface area contributed by atoms with Gasteiger partial charge in [0.15, 0.2) is 5.13 Å². The summed E-state index contributed by atoms with van der Waals surface area (Å²) in [5.74, 6) is -1.63. The van der Waals surface area contributed by atoms with Crippen LogP contribution in [0.2, 0.25) is 0 Å². The van der Waals surface area contributed by atoms with Gasteiger partial charge in [0, 0.05) is 5.38 Å². The molecule has 0 radical (unpaired) electrons. The molecular formula is C9H13N3O5S2. The zero-order chi connectivity index (χ0) is 14.6. The predicted molar refractivity (Wildman–Crippen MR) is 69.5 cm³/mol. The molecule has 19 heavy (non-hydrogen) atoms. The van der Waals surface area contributed by atoms with Crippen LogP contribution in [-0.2, 0) is 26.0 Å². The molecular weight excluding hydrogens is 294 g/mol. The van der Waals surface area contributed by atoms with E-state index in [-0.39, 0.29) is 11.6 Å². The molecule has 1 rings (SSSR count). The van der Waals surface area contributed by atoms with Crippen LogP contribution < -0.4 is 10.0 Å². The number of rotatable bonds is 6. The molecule has 3 N–H and O–H groups in total. The second-order valence-corrected chi connectivity index (χ2v) is 6.43. The Bertz CT molecular complexity index is 580. The van der Waals surface area contributed by atoms with Crippen LogP contribution in [0.15, 0.2) is 5.38 Å². The third-order valence-corrected chi connectivity index (χ3v) is 3.41. The first-order valence-corrected chi connectivity index (χ1v) is 7.89. The Morgan fingerprint density at radius 1 is 1.53 bits per heavy atom. The van der Waals surface area contributed by atoms with Crippen molar-refractivity contribution in [3.63, 3.8) is 0 Å². The largest absolute Gasteiger partial charge is 0.480 e. The van der Waals surface area contributed by atoms with Crippen LogP contribution in [0.4, 0.5) is 5.13 Å². The highest BCUT2D eigenvalue weighted by atomic mass is 32.2. The average molecular weight is 307 g/mol. The van der Waals surface area contributed by atoms with E-state index in [1.165, 1.54) is 12.3 Å². The summed E-state index contributed by atoms with van der Waals surface area (Å²) >= 11 is 1.05. The topological polar surface area (TPSA) is 125 Å². The molecule has 0 aliphatic heterocycles. The van der Waals surface area contributed by atoms with Crippen molar-refractivity contribution in [2.24, 2.45) is 0 Å². The van der Waals surface area contributed by atoms with E-state index in [0.717, 1.165) is 17.6 Å². The van der Waals surface area contributed by atoms with E-state index < -0.39 is 27.9 Å². The number of amides is 1. The number of nitrogens with one attached hydrogen (secondary N) is 2. The smallest absolute Gasteiger partial charge is 0.325 e. The molecule has 1 aromatic rings. The molecule has 0 fully saturated rings. The summed E-state index contributed by atoms with van der Waals surface area (Å²) in [5, 5.41) is 12.6. The van der Waals surface area contributed by atoms with Crippen molar-refractivity contribution >= 4 is 38.4 Å². The van der Waals surface area contributed by atoms with Crippen LogP contribution in [0.1, 0.15) is 12.6 Å². The maximum absolute atomic E-state index is 11.5. The zero-order valence-corrected chi connectivity index (χ0v) is 11.8. The number of sulfonamides is 1. The highest BCUT2D eigenvalue weighted by molar-refractivity contribution is 7.92. The van der Waals surface area contributed by atoms with Gasteiger partial charge in [0.05, 0.1) is 18.4 Å². The molecule has 1 heterocycles. The molecule has 0 spiro atoms. The number of carboxylic acids is 1.